The van der Waals surface area contributed by atoms with E-state index >= 15 is 0 Å². The van der Waals surface area contributed by atoms with Gasteiger partial charge in [0, 0.05) is 19.5 Å². The van der Waals surface area contributed by atoms with E-state index in [1.807, 2.05) is 52.0 Å². The van der Waals surface area contributed by atoms with Gasteiger partial charge < -0.3 is 10.2 Å². The van der Waals surface area contributed by atoms with Gasteiger partial charge in [0.05, 0.1) is 0 Å². The first kappa shape index (κ1) is 18.2. The minimum absolute atomic E-state index is 0.00421. The molecule has 0 heterocycles. The Morgan fingerprint density at radius 1 is 1.18 bits per heavy atom. The van der Waals surface area contributed by atoms with E-state index in [2.05, 4.69) is 5.32 Å². The normalized spacial score (nSPS) is 12.1. The van der Waals surface area contributed by atoms with Crippen molar-refractivity contribution in [2.45, 2.75) is 53.6 Å². The Morgan fingerprint density at radius 2 is 1.82 bits per heavy atom. The predicted molar refractivity (Wildman–Crippen MR) is 89.3 cm³/mol. The fourth-order valence-electron chi connectivity index (χ4n) is 2.21. The molecule has 1 aromatic carbocycles. The zero-order valence-electron chi connectivity index (χ0n) is 14.3. The lowest BCUT2D eigenvalue weighted by atomic mass is 10.1. The van der Waals surface area contributed by atoms with E-state index < -0.39 is 6.04 Å². The second-order valence-electron chi connectivity index (χ2n) is 6.12. The quantitative estimate of drug-likeness (QED) is 0.842. The van der Waals surface area contributed by atoms with Gasteiger partial charge in [-0.25, -0.2) is 0 Å². The highest BCUT2D eigenvalue weighted by atomic mass is 16.2. The average molecular weight is 304 g/mol. The number of hydrogen-bond acceptors (Lipinski definition) is 2. The summed E-state index contributed by atoms with van der Waals surface area (Å²) in [5.74, 6) is 0.294. The minimum Gasteiger partial charge on any atom is -0.354 e. The summed E-state index contributed by atoms with van der Waals surface area (Å²) >= 11 is 0. The summed E-state index contributed by atoms with van der Waals surface area (Å²) in [5.41, 5.74) is 2.21. The lowest BCUT2D eigenvalue weighted by Crippen LogP contribution is -2.48. The van der Waals surface area contributed by atoms with Crippen molar-refractivity contribution in [3.8, 4) is 0 Å². The second kappa shape index (κ2) is 8.57. The SMILES string of the molecule is CCC(=O)N(Cc1ccccc1C)[C@@H](C)C(=O)NCC(C)C. The third-order valence-corrected chi connectivity index (χ3v) is 3.76. The van der Waals surface area contributed by atoms with Gasteiger partial charge >= 0.3 is 0 Å². The monoisotopic (exact) mass is 304 g/mol. The highest BCUT2D eigenvalue weighted by molar-refractivity contribution is 5.87. The Morgan fingerprint density at radius 3 is 2.36 bits per heavy atom. The van der Waals surface area contributed by atoms with Gasteiger partial charge in [0.2, 0.25) is 11.8 Å². The highest BCUT2D eigenvalue weighted by Gasteiger charge is 2.25. The first-order chi connectivity index (χ1) is 10.4. The number of carbonyl (C=O) groups is 2. The number of aryl methyl sites for hydroxylation is 1. The fraction of sp³-hybridized carbons (Fsp3) is 0.556. The molecule has 0 aliphatic rings. The maximum absolute atomic E-state index is 12.3. The number of nitrogens with one attached hydrogen (secondary N) is 1. The van der Waals surface area contributed by atoms with E-state index in [0.29, 0.717) is 25.4 Å². The van der Waals surface area contributed by atoms with Crippen molar-refractivity contribution in [2.24, 2.45) is 5.92 Å². The van der Waals surface area contributed by atoms with Crippen LogP contribution in [0.15, 0.2) is 24.3 Å². The van der Waals surface area contributed by atoms with Crippen LogP contribution < -0.4 is 5.32 Å². The van der Waals surface area contributed by atoms with Crippen LogP contribution in [-0.2, 0) is 16.1 Å². The van der Waals surface area contributed by atoms with Crippen LogP contribution in [0.3, 0.4) is 0 Å². The summed E-state index contributed by atoms with van der Waals surface area (Å²) in [4.78, 5) is 26.2. The third-order valence-electron chi connectivity index (χ3n) is 3.76. The van der Waals surface area contributed by atoms with Gasteiger partial charge in [-0.15, -0.1) is 0 Å². The van der Waals surface area contributed by atoms with Crippen LogP contribution in [0.1, 0.15) is 45.2 Å². The maximum Gasteiger partial charge on any atom is 0.242 e. The van der Waals surface area contributed by atoms with Crippen LogP contribution in [0.2, 0.25) is 0 Å². The van der Waals surface area contributed by atoms with Crippen molar-refractivity contribution in [1.82, 2.24) is 10.2 Å². The first-order valence-electron chi connectivity index (χ1n) is 7.98. The topological polar surface area (TPSA) is 49.4 Å². The summed E-state index contributed by atoms with van der Waals surface area (Å²) in [6.45, 7) is 10.8. The number of amides is 2. The second-order valence-corrected chi connectivity index (χ2v) is 6.12. The molecule has 4 nitrogen and oxygen atoms in total. The average Bonchev–Trinajstić information content (AvgIpc) is 2.50. The highest BCUT2D eigenvalue weighted by Crippen LogP contribution is 2.14. The van der Waals surface area contributed by atoms with Crippen LogP contribution in [0.25, 0.3) is 0 Å². The third kappa shape index (κ3) is 5.17. The molecule has 0 aromatic heterocycles. The van der Waals surface area contributed by atoms with E-state index in [0.717, 1.165) is 11.1 Å². The molecule has 1 rings (SSSR count). The number of hydrogen-bond donors (Lipinski definition) is 1. The summed E-state index contributed by atoms with van der Waals surface area (Å²) in [6, 6.07) is 7.49. The van der Waals surface area contributed by atoms with E-state index in [1.54, 1.807) is 11.8 Å². The molecule has 22 heavy (non-hydrogen) atoms. The Balaban J connectivity index is 2.86. The Bertz CT molecular complexity index is 512. The van der Waals surface area contributed by atoms with Crippen molar-refractivity contribution in [1.29, 1.82) is 0 Å². The van der Waals surface area contributed by atoms with Gasteiger partial charge in [-0.1, -0.05) is 45.0 Å². The molecule has 0 unspecified atom stereocenters. The molecule has 2 amide bonds. The van der Waals surface area contributed by atoms with E-state index in [-0.39, 0.29) is 11.8 Å². The van der Waals surface area contributed by atoms with Gasteiger partial charge in [-0.2, -0.15) is 0 Å². The van der Waals surface area contributed by atoms with E-state index in [4.69, 9.17) is 0 Å². The molecule has 1 aromatic rings. The predicted octanol–water partition coefficient (Wildman–Crippen LogP) is 2.89. The summed E-state index contributed by atoms with van der Waals surface area (Å²) < 4.78 is 0. The number of benzene rings is 1. The fourth-order valence-corrected chi connectivity index (χ4v) is 2.21. The maximum atomic E-state index is 12.3. The zero-order chi connectivity index (χ0) is 16.7. The van der Waals surface area contributed by atoms with Crippen molar-refractivity contribution in [2.75, 3.05) is 6.54 Å². The molecule has 1 atom stereocenters. The van der Waals surface area contributed by atoms with E-state index in [9.17, 15) is 9.59 Å². The molecule has 122 valence electrons. The van der Waals surface area contributed by atoms with Crippen LogP contribution in [0, 0.1) is 12.8 Å². The van der Waals surface area contributed by atoms with Crippen molar-refractivity contribution >= 4 is 11.8 Å². The zero-order valence-corrected chi connectivity index (χ0v) is 14.3. The van der Waals surface area contributed by atoms with Gasteiger partial charge in [-0.3, -0.25) is 9.59 Å². The molecular weight excluding hydrogens is 276 g/mol. The molecular formula is C18H28N2O2. The molecule has 0 spiro atoms. The Kier molecular flexibility index (Phi) is 7.09. The molecule has 1 N–H and O–H groups in total. The van der Waals surface area contributed by atoms with E-state index in [1.165, 1.54) is 0 Å². The van der Waals surface area contributed by atoms with Gasteiger partial charge in [0.25, 0.3) is 0 Å². The summed E-state index contributed by atoms with van der Waals surface area (Å²) in [6.07, 6.45) is 0.397. The van der Waals surface area contributed by atoms with Crippen molar-refractivity contribution in [3.63, 3.8) is 0 Å². The summed E-state index contributed by atoms with van der Waals surface area (Å²) in [5, 5.41) is 2.91. The Hall–Kier alpha value is -1.84. The largest absolute Gasteiger partial charge is 0.354 e. The molecule has 0 radical (unpaired) electrons. The molecule has 0 bridgehead atoms. The standard InChI is InChI=1S/C18H28N2O2/c1-6-17(21)20(12-16-10-8-7-9-14(16)4)15(5)18(22)19-11-13(2)3/h7-10,13,15H,6,11-12H2,1-5H3,(H,19,22)/t15-/m0/s1. The molecule has 0 fully saturated rings. The number of carbonyl (C=O) groups excluding carboxylic acids is 2. The van der Waals surface area contributed by atoms with Crippen molar-refractivity contribution < 1.29 is 9.59 Å². The Labute approximate surface area is 133 Å². The smallest absolute Gasteiger partial charge is 0.242 e. The van der Waals surface area contributed by atoms with Crippen LogP contribution in [-0.4, -0.2) is 29.3 Å². The molecule has 0 saturated carbocycles. The lowest BCUT2D eigenvalue weighted by molar-refractivity contribution is -0.140. The number of nitrogens with zero attached hydrogens (tertiary/aromatic N) is 1. The van der Waals surface area contributed by atoms with Gasteiger partial charge in [0.15, 0.2) is 0 Å². The molecule has 0 aliphatic carbocycles. The minimum atomic E-state index is -0.467. The van der Waals surface area contributed by atoms with Crippen LogP contribution in [0.4, 0.5) is 0 Å². The first-order valence-corrected chi connectivity index (χ1v) is 7.98. The molecule has 0 saturated heterocycles. The van der Waals surface area contributed by atoms with Crippen LogP contribution >= 0.6 is 0 Å². The van der Waals surface area contributed by atoms with Gasteiger partial charge in [-0.05, 0) is 30.9 Å². The lowest BCUT2D eigenvalue weighted by Gasteiger charge is -2.29. The van der Waals surface area contributed by atoms with Gasteiger partial charge in [0.1, 0.15) is 6.04 Å². The summed E-state index contributed by atoms with van der Waals surface area (Å²) in [7, 11) is 0. The van der Waals surface area contributed by atoms with Crippen molar-refractivity contribution in [3.05, 3.63) is 35.4 Å². The van der Waals surface area contributed by atoms with Crippen LogP contribution in [0.5, 0.6) is 0 Å². The molecule has 0 aliphatic heterocycles. The number of rotatable bonds is 7. The molecule has 4 heteroatoms.